The van der Waals surface area contributed by atoms with Crippen molar-refractivity contribution in [2.45, 2.75) is 32.9 Å². The van der Waals surface area contributed by atoms with Crippen molar-refractivity contribution in [1.82, 2.24) is 20.0 Å². The number of rotatable bonds is 5. The average Bonchev–Trinajstić information content (AvgIpc) is 2.88. The van der Waals surface area contributed by atoms with Crippen molar-refractivity contribution in [3.05, 3.63) is 47.7 Å². The van der Waals surface area contributed by atoms with Crippen LogP contribution in [0.2, 0.25) is 0 Å². The SMILES string of the molecule is CN(Cc1ccccc1)c1nnc(C(=O)N2CCN(C(=O)OC(C)(C)C)CC2)cc1N1CCOCC1. The van der Waals surface area contributed by atoms with E-state index < -0.39 is 5.60 Å². The minimum atomic E-state index is -0.551. The molecule has 0 unspecified atom stereocenters. The lowest BCUT2D eigenvalue weighted by Crippen LogP contribution is -2.51. The summed E-state index contributed by atoms with van der Waals surface area (Å²) in [7, 11) is 1.98. The Bertz CT molecular complexity index is 1040. The number of nitrogens with zero attached hydrogens (tertiary/aromatic N) is 6. The molecule has 0 spiro atoms. The van der Waals surface area contributed by atoms with E-state index in [1.54, 1.807) is 9.80 Å². The molecule has 10 nitrogen and oxygen atoms in total. The summed E-state index contributed by atoms with van der Waals surface area (Å²) in [6.45, 7) is 10.6. The Balaban J connectivity index is 1.49. The maximum absolute atomic E-state index is 13.3. The molecule has 2 aromatic rings. The Morgan fingerprint density at radius 1 is 0.972 bits per heavy atom. The number of hydrogen-bond donors (Lipinski definition) is 0. The predicted octanol–water partition coefficient (Wildman–Crippen LogP) is 2.64. The third kappa shape index (κ3) is 6.42. The molecule has 0 radical (unpaired) electrons. The lowest BCUT2D eigenvalue weighted by Gasteiger charge is -2.35. The molecule has 0 N–H and O–H groups in total. The van der Waals surface area contributed by atoms with Gasteiger partial charge in [-0.15, -0.1) is 10.2 Å². The highest BCUT2D eigenvalue weighted by atomic mass is 16.6. The molecule has 1 aromatic heterocycles. The topological polar surface area (TPSA) is 91.3 Å². The predicted molar refractivity (Wildman–Crippen MR) is 137 cm³/mol. The van der Waals surface area contributed by atoms with Gasteiger partial charge in [0, 0.05) is 52.9 Å². The van der Waals surface area contributed by atoms with Gasteiger partial charge in [-0.3, -0.25) is 4.79 Å². The van der Waals surface area contributed by atoms with Crippen molar-refractivity contribution in [1.29, 1.82) is 0 Å². The van der Waals surface area contributed by atoms with E-state index in [-0.39, 0.29) is 12.0 Å². The second-order valence-corrected chi connectivity index (χ2v) is 10.1. The van der Waals surface area contributed by atoms with Crippen LogP contribution >= 0.6 is 0 Å². The summed E-state index contributed by atoms with van der Waals surface area (Å²) in [4.78, 5) is 33.3. The lowest BCUT2D eigenvalue weighted by atomic mass is 10.2. The molecule has 36 heavy (non-hydrogen) atoms. The molecular formula is C26H36N6O4. The number of carbonyl (C=O) groups is 2. The molecule has 0 atom stereocenters. The first kappa shape index (κ1) is 25.7. The summed E-state index contributed by atoms with van der Waals surface area (Å²) in [5.41, 5.74) is 1.80. The summed E-state index contributed by atoms with van der Waals surface area (Å²) >= 11 is 0. The lowest BCUT2D eigenvalue weighted by molar-refractivity contribution is 0.0140. The monoisotopic (exact) mass is 496 g/mol. The molecule has 0 bridgehead atoms. The summed E-state index contributed by atoms with van der Waals surface area (Å²) in [6.07, 6.45) is -0.352. The third-order valence-corrected chi connectivity index (χ3v) is 6.17. The molecule has 2 amide bonds. The van der Waals surface area contributed by atoms with Crippen LogP contribution in [0.1, 0.15) is 36.8 Å². The number of aromatic nitrogens is 2. The summed E-state index contributed by atoms with van der Waals surface area (Å²) in [5.74, 6) is 0.546. The van der Waals surface area contributed by atoms with Crippen molar-refractivity contribution in [2.24, 2.45) is 0 Å². The molecular weight excluding hydrogens is 460 g/mol. The highest BCUT2D eigenvalue weighted by Gasteiger charge is 2.30. The van der Waals surface area contributed by atoms with Crippen LogP contribution in [0.3, 0.4) is 0 Å². The fourth-order valence-corrected chi connectivity index (χ4v) is 4.30. The third-order valence-electron chi connectivity index (χ3n) is 6.17. The molecule has 2 aliphatic rings. The fourth-order valence-electron chi connectivity index (χ4n) is 4.30. The maximum atomic E-state index is 13.3. The largest absolute Gasteiger partial charge is 0.444 e. The molecule has 0 saturated carbocycles. The second kappa shape index (κ2) is 11.1. The van der Waals surface area contributed by atoms with E-state index in [1.165, 1.54) is 0 Å². The molecule has 1 aromatic carbocycles. The van der Waals surface area contributed by atoms with Crippen LogP contribution < -0.4 is 9.80 Å². The Morgan fingerprint density at radius 3 is 2.25 bits per heavy atom. The second-order valence-electron chi connectivity index (χ2n) is 10.1. The Labute approximate surface area is 212 Å². The van der Waals surface area contributed by atoms with Crippen LogP contribution in [0, 0.1) is 0 Å². The number of morpholine rings is 1. The van der Waals surface area contributed by atoms with Crippen molar-refractivity contribution >= 4 is 23.5 Å². The Hall–Kier alpha value is -3.40. The first-order valence-corrected chi connectivity index (χ1v) is 12.4. The van der Waals surface area contributed by atoms with Crippen molar-refractivity contribution in [3.63, 3.8) is 0 Å². The molecule has 2 aliphatic heterocycles. The zero-order valence-corrected chi connectivity index (χ0v) is 21.6. The van der Waals surface area contributed by atoms with Gasteiger partial charge in [0.15, 0.2) is 11.5 Å². The highest BCUT2D eigenvalue weighted by Crippen LogP contribution is 2.29. The van der Waals surface area contributed by atoms with Gasteiger partial charge < -0.3 is 29.1 Å². The van der Waals surface area contributed by atoms with Gasteiger partial charge in [0.25, 0.3) is 5.91 Å². The van der Waals surface area contributed by atoms with Crippen molar-refractivity contribution in [2.75, 3.05) is 69.3 Å². The van der Waals surface area contributed by atoms with Crippen molar-refractivity contribution < 1.29 is 19.1 Å². The zero-order valence-electron chi connectivity index (χ0n) is 21.6. The number of benzene rings is 1. The van der Waals surface area contributed by atoms with Crippen molar-refractivity contribution in [3.8, 4) is 0 Å². The summed E-state index contributed by atoms with van der Waals surface area (Å²) in [6, 6.07) is 12.0. The molecule has 2 fully saturated rings. The average molecular weight is 497 g/mol. The van der Waals surface area contributed by atoms with Crippen LogP contribution in [0.4, 0.5) is 16.3 Å². The van der Waals surface area contributed by atoms with Crippen LogP contribution in [-0.2, 0) is 16.0 Å². The number of amides is 2. The number of anilines is 2. The number of ether oxygens (including phenoxy) is 2. The molecule has 194 valence electrons. The van der Waals surface area contributed by atoms with E-state index >= 15 is 0 Å². The van der Waals surface area contributed by atoms with Gasteiger partial charge in [-0.2, -0.15) is 0 Å². The van der Waals surface area contributed by atoms with E-state index in [4.69, 9.17) is 9.47 Å². The normalized spacial score (nSPS) is 16.6. The van der Waals surface area contributed by atoms with Crippen LogP contribution in [0.15, 0.2) is 36.4 Å². The maximum Gasteiger partial charge on any atom is 0.410 e. The van der Waals surface area contributed by atoms with Crippen LogP contribution in [0.5, 0.6) is 0 Å². The zero-order chi connectivity index (χ0) is 25.7. The van der Waals surface area contributed by atoms with Gasteiger partial charge >= 0.3 is 6.09 Å². The van der Waals surface area contributed by atoms with E-state index in [0.717, 1.165) is 30.2 Å². The highest BCUT2D eigenvalue weighted by molar-refractivity contribution is 5.94. The quantitative estimate of drug-likeness (QED) is 0.624. The Morgan fingerprint density at radius 2 is 1.61 bits per heavy atom. The standard InChI is InChI=1S/C26H36N6O4/c1-26(2,3)36-25(34)32-12-10-31(11-13-32)24(33)21-18-22(30-14-16-35-17-15-30)23(28-27-21)29(4)19-20-8-6-5-7-9-20/h5-9,18H,10-17,19H2,1-4H3. The van der Waals surface area contributed by atoms with E-state index in [0.29, 0.717) is 51.6 Å². The van der Waals surface area contributed by atoms with E-state index in [1.807, 2.05) is 52.1 Å². The van der Waals surface area contributed by atoms with E-state index in [2.05, 4.69) is 32.1 Å². The first-order chi connectivity index (χ1) is 17.2. The van der Waals surface area contributed by atoms with Gasteiger partial charge in [-0.1, -0.05) is 30.3 Å². The number of piperazine rings is 1. The molecule has 10 heteroatoms. The van der Waals surface area contributed by atoms with Gasteiger partial charge in [-0.05, 0) is 32.4 Å². The van der Waals surface area contributed by atoms with Gasteiger partial charge in [0.1, 0.15) is 5.60 Å². The van der Waals surface area contributed by atoms with Gasteiger partial charge in [0.05, 0.1) is 18.9 Å². The summed E-state index contributed by atoms with van der Waals surface area (Å²) in [5, 5.41) is 8.84. The minimum Gasteiger partial charge on any atom is -0.444 e. The van der Waals surface area contributed by atoms with Gasteiger partial charge in [-0.25, -0.2) is 4.79 Å². The summed E-state index contributed by atoms with van der Waals surface area (Å²) < 4.78 is 11.0. The first-order valence-electron chi connectivity index (χ1n) is 12.4. The van der Waals surface area contributed by atoms with Crippen LogP contribution in [-0.4, -0.2) is 97.1 Å². The molecule has 3 heterocycles. The molecule has 0 aliphatic carbocycles. The van der Waals surface area contributed by atoms with E-state index in [9.17, 15) is 9.59 Å². The molecule has 2 saturated heterocycles. The molecule has 4 rings (SSSR count). The number of carbonyl (C=O) groups excluding carboxylic acids is 2. The Kier molecular flexibility index (Phi) is 7.93. The number of hydrogen-bond acceptors (Lipinski definition) is 8. The fraction of sp³-hybridized carbons (Fsp3) is 0.538. The minimum absolute atomic E-state index is 0.182. The van der Waals surface area contributed by atoms with Crippen LogP contribution in [0.25, 0.3) is 0 Å². The van der Waals surface area contributed by atoms with Gasteiger partial charge in [0.2, 0.25) is 0 Å². The smallest absolute Gasteiger partial charge is 0.410 e.